The Morgan fingerprint density at radius 3 is 2.05 bits per heavy atom. The van der Waals surface area contributed by atoms with Gasteiger partial charge in [-0.15, -0.1) is 0 Å². The van der Waals surface area contributed by atoms with Gasteiger partial charge in [0.05, 0.1) is 11.1 Å². The summed E-state index contributed by atoms with van der Waals surface area (Å²) in [6.07, 6.45) is -4.98. The van der Waals surface area contributed by atoms with Crippen LogP contribution in [0.1, 0.15) is 20.7 Å². The second kappa shape index (κ2) is 5.19. The lowest BCUT2D eigenvalue weighted by Gasteiger charge is -2.21. The predicted molar refractivity (Wildman–Crippen MR) is 65.5 cm³/mol. The zero-order valence-electron chi connectivity index (χ0n) is 11.0. The molecule has 1 heterocycles. The van der Waals surface area contributed by atoms with Crippen LogP contribution in [0.3, 0.4) is 0 Å². The lowest BCUT2D eigenvalue weighted by molar-refractivity contribution is -0.184. The third kappa shape index (κ3) is 2.74. The quantitative estimate of drug-likeness (QED) is 0.791. The number of hydrogen-bond acceptors (Lipinski definition) is 3. The maximum atomic E-state index is 12.2. The van der Waals surface area contributed by atoms with Crippen molar-refractivity contribution in [2.24, 2.45) is 0 Å². The van der Waals surface area contributed by atoms with Gasteiger partial charge in [-0.05, 0) is 12.1 Å². The molecule has 0 saturated heterocycles. The fraction of sp³-hybridized carbons (Fsp3) is 0.308. The molecule has 0 atom stereocenters. The molecule has 3 amide bonds. The number of alkyl halides is 3. The average molecular weight is 300 g/mol. The number of hydrogen-bond donors (Lipinski definition) is 0. The average Bonchev–Trinajstić information content (AvgIpc) is 2.67. The molecule has 0 saturated carbocycles. The highest BCUT2D eigenvalue weighted by atomic mass is 19.4. The van der Waals surface area contributed by atoms with Crippen molar-refractivity contribution in [2.75, 3.05) is 20.1 Å². The van der Waals surface area contributed by atoms with Crippen molar-refractivity contribution in [1.29, 1.82) is 0 Å². The van der Waals surface area contributed by atoms with Gasteiger partial charge in [0.1, 0.15) is 0 Å². The lowest BCUT2D eigenvalue weighted by Crippen LogP contribution is -2.43. The van der Waals surface area contributed by atoms with Crippen molar-refractivity contribution in [3.05, 3.63) is 35.4 Å². The van der Waals surface area contributed by atoms with Gasteiger partial charge in [0.25, 0.3) is 11.8 Å². The summed E-state index contributed by atoms with van der Waals surface area (Å²) in [6, 6.07) is 6.12. The summed E-state index contributed by atoms with van der Waals surface area (Å²) in [4.78, 5) is 36.2. The van der Waals surface area contributed by atoms with Crippen molar-refractivity contribution in [3.8, 4) is 0 Å². The van der Waals surface area contributed by atoms with Crippen LogP contribution in [0.25, 0.3) is 0 Å². The number of benzene rings is 1. The molecule has 0 unspecified atom stereocenters. The highest BCUT2D eigenvalue weighted by Gasteiger charge is 2.42. The minimum absolute atomic E-state index is 0.215. The van der Waals surface area contributed by atoms with E-state index in [1.54, 1.807) is 12.1 Å². The van der Waals surface area contributed by atoms with Gasteiger partial charge in [-0.25, -0.2) is 0 Å². The molecule has 5 nitrogen and oxygen atoms in total. The van der Waals surface area contributed by atoms with Gasteiger partial charge in [-0.2, -0.15) is 13.2 Å². The van der Waals surface area contributed by atoms with E-state index in [0.29, 0.717) is 4.90 Å². The standard InChI is InChI=1S/C13H11F3N2O3/c1-17(12(21)13(14,15)16)6-7-18-10(19)8-4-2-3-5-9(8)11(18)20/h2-5H,6-7H2,1H3. The van der Waals surface area contributed by atoms with E-state index in [4.69, 9.17) is 0 Å². The summed E-state index contributed by atoms with van der Waals surface area (Å²) in [5.41, 5.74) is 0.430. The van der Waals surface area contributed by atoms with Crippen LogP contribution < -0.4 is 0 Å². The normalized spacial score (nSPS) is 14.4. The monoisotopic (exact) mass is 300 g/mol. The van der Waals surface area contributed by atoms with E-state index in [-0.39, 0.29) is 24.2 Å². The molecule has 2 rings (SSSR count). The molecule has 0 radical (unpaired) electrons. The second-order valence-corrected chi connectivity index (χ2v) is 4.53. The number of imide groups is 1. The second-order valence-electron chi connectivity index (χ2n) is 4.53. The predicted octanol–water partition coefficient (Wildman–Crippen LogP) is 1.30. The maximum Gasteiger partial charge on any atom is 0.471 e. The Balaban J connectivity index is 2.05. The summed E-state index contributed by atoms with van der Waals surface area (Å²) in [7, 11) is 0.966. The summed E-state index contributed by atoms with van der Waals surface area (Å²) < 4.78 is 36.7. The van der Waals surface area contributed by atoms with Gasteiger partial charge in [0, 0.05) is 20.1 Å². The van der Waals surface area contributed by atoms with Crippen LogP contribution >= 0.6 is 0 Å². The van der Waals surface area contributed by atoms with Crippen molar-refractivity contribution >= 4 is 17.7 Å². The zero-order chi connectivity index (χ0) is 15.8. The van der Waals surface area contributed by atoms with Gasteiger partial charge >= 0.3 is 12.1 Å². The first kappa shape index (κ1) is 15.0. The van der Waals surface area contributed by atoms with Gasteiger partial charge in [0.2, 0.25) is 0 Å². The Hall–Kier alpha value is -2.38. The molecular weight excluding hydrogens is 289 g/mol. The third-order valence-electron chi connectivity index (χ3n) is 3.13. The number of likely N-dealkylation sites (N-methyl/N-ethyl adjacent to an activating group) is 1. The van der Waals surface area contributed by atoms with E-state index in [1.165, 1.54) is 12.1 Å². The molecule has 0 bridgehead atoms. The molecule has 0 N–H and O–H groups in total. The largest absolute Gasteiger partial charge is 0.471 e. The number of carbonyl (C=O) groups excluding carboxylic acids is 3. The minimum atomic E-state index is -4.98. The SMILES string of the molecule is CN(CCN1C(=O)c2ccccc2C1=O)C(=O)C(F)(F)F. The molecule has 0 fully saturated rings. The molecule has 0 aromatic heterocycles. The third-order valence-corrected chi connectivity index (χ3v) is 3.13. The molecular formula is C13H11F3N2O3. The van der Waals surface area contributed by atoms with E-state index < -0.39 is 23.9 Å². The molecule has 1 aromatic rings. The van der Waals surface area contributed by atoms with Crippen LogP contribution in [-0.2, 0) is 4.79 Å². The number of nitrogens with zero attached hydrogens (tertiary/aromatic N) is 2. The maximum absolute atomic E-state index is 12.2. The first-order chi connectivity index (χ1) is 9.73. The molecule has 1 aromatic carbocycles. The first-order valence-electron chi connectivity index (χ1n) is 6.01. The van der Waals surface area contributed by atoms with Crippen LogP contribution in [0.15, 0.2) is 24.3 Å². The number of rotatable bonds is 3. The van der Waals surface area contributed by atoms with Crippen LogP contribution in [0.4, 0.5) is 13.2 Å². The van der Waals surface area contributed by atoms with Gasteiger partial charge in [0.15, 0.2) is 0 Å². The van der Waals surface area contributed by atoms with E-state index in [0.717, 1.165) is 11.9 Å². The molecule has 8 heteroatoms. The van der Waals surface area contributed by atoms with Crippen molar-refractivity contribution in [3.63, 3.8) is 0 Å². The Morgan fingerprint density at radius 2 is 1.62 bits per heavy atom. The van der Waals surface area contributed by atoms with E-state index in [1.807, 2.05) is 0 Å². The molecule has 1 aliphatic heterocycles. The number of halogens is 3. The number of fused-ring (bicyclic) bond motifs is 1. The Morgan fingerprint density at radius 1 is 1.14 bits per heavy atom. The molecule has 112 valence electrons. The Labute approximate surface area is 117 Å². The van der Waals surface area contributed by atoms with Crippen LogP contribution in [-0.4, -0.2) is 53.8 Å². The fourth-order valence-corrected chi connectivity index (χ4v) is 2.01. The van der Waals surface area contributed by atoms with Gasteiger partial charge in [-0.3, -0.25) is 19.3 Å². The molecule has 1 aliphatic rings. The summed E-state index contributed by atoms with van der Waals surface area (Å²) in [5, 5.41) is 0. The van der Waals surface area contributed by atoms with E-state index in [2.05, 4.69) is 0 Å². The smallest absolute Gasteiger partial charge is 0.336 e. The van der Waals surface area contributed by atoms with E-state index in [9.17, 15) is 27.6 Å². The van der Waals surface area contributed by atoms with Crippen LogP contribution in [0.2, 0.25) is 0 Å². The van der Waals surface area contributed by atoms with Crippen molar-refractivity contribution in [2.45, 2.75) is 6.18 Å². The summed E-state index contributed by atoms with van der Waals surface area (Å²) in [5.74, 6) is -3.15. The zero-order valence-corrected chi connectivity index (χ0v) is 11.0. The molecule has 0 spiro atoms. The highest BCUT2D eigenvalue weighted by molar-refractivity contribution is 6.21. The molecule has 21 heavy (non-hydrogen) atoms. The van der Waals surface area contributed by atoms with Crippen LogP contribution in [0.5, 0.6) is 0 Å². The topological polar surface area (TPSA) is 57.7 Å². The van der Waals surface area contributed by atoms with Gasteiger partial charge in [-0.1, -0.05) is 12.1 Å². The first-order valence-corrected chi connectivity index (χ1v) is 6.01. The summed E-state index contributed by atoms with van der Waals surface area (Å²) >= 11 is 0. The summed E-state index contributed by atoms with van der Waals surface area (Å²) in [6.45, 7) is -0.672. The highest BCUT2D eigenvalue weighted by Crippen LogP contribution is 2.22. The van der Waals surface area contributed by atoms with Crippen molar-refractivity contribution < 1.29 is 27.6 Å². The van der Waals surface area contributed by atoms with Crippen molar-refractivity contribution in [1.82, 2.24) is 9.80 Å². The molecule has 0 aliphatic carbocycles. The Kier molecular flexibility index (Phi) is 3.71. The minimum Gasteiger partial charge on any atom is -0.336 e. The number of amides is 3. The fourth-order valence-electron chi connectivity index (χ4n) is 2.01. The Bertz CT molecular complexity index is 578. The van der Waals surface area contributed by atoms with Gasteiger partial charge < -0.3 is 4.90 Å². The van der Waals surface area contributed by atoms with Crippen LogP contribution in [0, 0.1) is 0 Å². The van der Waals surface area contributed by atoms with E-state index >= 15 is 0 Å². The lowest BCUT2D eigenvalue weighted by atomic mass is 10.1. The number of carbonyl (C=O) groups is 3.